The summed E-state index contributed by atoms with van der Waals surface area (Å²) in [5.41, 5.74) is 3.53. The van der Waals surface area contributed by atoms with Crippen LogP contribution in [0.3, 0.4) is 0 Å². The summed E-state index contributed by atoms with van der Waals surface area (Å²) in [5, 5.41) is 3.00. The average Bonchev–Trinajstić information content (AvgIpc) is 2.68. The van der Waals surface area contributed by atoms with Crippen LogP contribution in [0.25, 0.3) is 11.3 Å². The van der Waals surface area contributed by atoms with Crippen molar-refractivity contribution in [3.05, 3.63) is 78.2 Å². The third-order valence-electron chi connectivity index (χ3n) is 3.67. The maximum Gasteiger partial charge on any atom is 0.252 e. The highest BCUT2D eigenvalue weighted by atomic mass is 32.2. The van der Waals surface area contributed by atoms with Crippen LogP contribution in [0.15, 0.2) is 72.0 Å². The highest BCUT2D eigenvalue weighted by Crippen LogP contribution is 2.22. The molecule has 4 nitrogen and oxygen atoms in total. The highest BCUT2D eigenvalue weighted by molar-refractivity contribution is 7.99. The van der Waals surface area contributed by atoms with Crippen molar-refractivity contribution in [2.75, 3.05) is 5.75 Å². The number of thioether (sulfide) groups is 1. The van der Waals surface area contributed by atoms with E-state index in [0.29, 0.717) is 6.54 Å². The Kier molecular flexibility index (Phi) is 5.80. The fourth-order valence-electron chi connectivity index (χ4n) is 2.47. The smallest absolute Gasteiger partial charge is 0.252 e. The molecule has 0 saturated carbocycles. The molecule has 0 fully saturated rings. The van der Waals surface area contributed by atoms with E-state index in [-0.39, 0.29) is 5.91 Å². The van der Waals surface area contributed by atoms with Gasteiger partial charge >= 0.3 is 0 Å². The van der Waals surface area contributed by atoms with Gasteiger partial charge in [-0.25, -0.2) is 0 Å². The van der Waals surface area contributed by atoms with E-state index in [4.69, 9.17) is 0 Å². The lowest BCUT2D eigenvalue weighted by Crippen LogP contribution is -2.23. The van der Waals surface area contributed by atoms with Crippen LogP contribution in [-0.2, 0) is 6.54 Å². The standard InChI is InChI=1S/C20H19N3OS/c1-2-25-19-8-4-3-7-17(19)20(24)23-13-15-9-11-22-18(12-15)16-6-5-10-21-14-16/h3-12,14H,2,13H2,1H3,(H,23,24). The van der Waals surface area contributed by atoms with Gasteiger partial charge < -0.3 is 5.32 Å². The molecule has 3 aromatic rings. The van der Waals surface area contributed by atoms with E-state index in [9.17, 15) is 4.79 Å². The van der Waals surface area contributed by atoms with E-state index in [2.05, 4.69) is 22.2 Å². The number of carbonyl (C=O) groups excluding carboxylic acids is 1. The Hall–Kier alpha value is -2.66. The van der Waals surface area contributed by atoms with Gasteiger partial charge in [0.1, 0.15) is 0 Å². The van der Waals surface area contributed by atoms with E-state index in [1.54, 1.807) is 30.4 Å². The van der Waals surface area contributed by atoms with Crippen LogP contribution in [0, 0.1) is 0 Å². The largest absolute Gasteiger partial charge is 0.348 e. The molecule has 0 aliphatic heterocycles. The minimum Gasteiger partial charge on any atom is -0.348 e. The lowest BCUT2D eigenvalue weighted by Gasteiger charge is -2.10. The molecule has 1 N–H and O–H groups in total. The van der Waals surface area contributed by atoms with Crippen molar-refractivity contribution in [2.45, 2.75) is 18.4 Å². The monoisotopic (exact) mass is 349 g/mol. The number of carbonyl (C=O) groups is 1. The summed E-state index contributed by atoms with van der Waals surface area (Å²) in [5.74, 6) is 0.875. The first-order valence-corrected chi connectivity index (χ1v) is 9.12. The molecule has 0 bridgehead atoms. The minimum absolute atomic E-state index is 0.0590. The molecule has 1 amide bonds. The Bertz CT molecular complexity index is 852. The number of pyridine rings is 2. The van der Waals surface area contributed by atoms with Crippen LogP contribution in [-0.4, -0.2) is 21.6 Å². The SMILES string of the molecule is CCSc1ccccc1C(=O)NCc1ccnc(-c2cccnc2)c1. The molecular weight excluding hydrogens is 330 g/mol. The van der Waals surface area contributed by atoms with Crippen molar-refractivity contribution in [3.8, 4) is 11.3 Å². The van der Waals surface area contributed by atoms with Crippen molar-refractivity contribution in [1.29, 1.82) is 0 Å². The number of rotatable bonds is 6. The molecule has 0 unspecified atom stereocenters. The molecule has 0 atom stereocenters. The lowest BCUT2D eigenvalue weighted by atomic mass is 10.1. The molecule has 1 aromatic carbocycles. The summed E-state index contributed by atoms with van der Waals surface area (Å²) in [6.45, 7) is 2.54. The fourth-order valence-corrected chi connectivity index (χ4v) is 3.27. The number of hydrogen-bond donors (Lipinski definition) is 1. The van der Waals surface area contributed by atoms with Gasteiger partial charge in [-0.15, -0.1) is 11.8 Å². The molecule has 126 valence electrons. The summed E-state index contributed by atoms with van der Waals surface area (Å²) in [6, 6.07) is 15.4. The summed E-state index contributed by atoms with van der Waals surface area (Å²) in [6.07, 6.45) is 5.27. The molecule has 2 aromatic heterocycles. The molecule has 0 aliphatic rings. The van der Waals surface area contributed by atoms with Crippen LogP contribution in [0.5, 0.6) is 0 Å². The van der Waals surface area contributed by atoms with Gasteiger partial charge in [-0.05, 0) is 47.7 Å². The summed E-state index contributed by atoms with van der Waals surface area (Å²) < 4.78 is 0. The molecule has 3 rings (SSSR count). The molecular formula is C20H19N3OS. The van der Waals surface area contributed by atoms with E-state index >= 15 is 0 Å². The quantitative estimate of drug-likeness (QED) is 0.678. The van der Waals surface area contributed by atoms with Crippen molar-refractivity contribution >= 4 is 17.7 Å². The number of aromatic nitrogens is 2. The predicted octanol–water partition coefficient (Wildman–Crippen LogP) is 4.19. The highest BCUT2D eigenvalue weighted by Gasteiger charge is 2.10. The van der Waals surface area contributed by atoms with E-state index < -0.39 is 0 Å². The maximum atomic E-state index is 12.5. The number of hydrogen-bond acceptors (Lipinski definition) is 4. The van der Waals surface area contributed by atoms with Crippen molar-refractivity contribution < 1.29 is 4.79 Å². The Morgan fingerprint density at radius 2 is 2.00 bits per heavy atom. The zero-order chi connectivity index (χ0) is 17.5. The van der Waals surface area contributed by atoms with Gasteiger partial charge in [0, 0.05) is 35.6 Å². The van der Waals surface area contributed by atoms with E-state index in [1.807, 2.05) is 48.5 Å². The Balaban J connectivity index is 1.71. The minimum atomic E-state index is -0.0590. The first-order chi connectivity index (χ1) is 12.3. The third-order valence-corrected chi connectivity index (χ3v) is 4.62. The maximum absolute atomic E-state index is 12.5. The van der Waals surface area contributed by atoms with Gasteiger partial charge in [-0.2, -0.15) is 0 Å². The number of nitrogens with one attached hydrogen (secondary N) is 1. The fraction of sp³-hybridized carbons (Fsp3) is 0.150. The third kappa shape index (κ3) is 4.45. The average molecular weight is 349 g/mol. The first kappa shape index (κ1) is 17.2. The molecule has 0 spiro atoms. The van der Waals surface area contributed by atoms with Gasteiger partial charge in [0.25, 0.3) is 5.91 Å². The van der Waals surface area contributed by atoms with Gasteiger partial charge in [-0.1, -0.05) is 19.1 Å². The Morgan fingerprint density at radius 3 is 2.80 bits per heavy atom. The second-order valence-corrected chi connectivity index (χ2v) is 6.71. The number of benzene rings is 1. The second kappa shape index (κ2) is 8.44. The summed E-state index contributed by atoms with van der Waals surface area (Å²) in [7, 11) is 0. The first-order valence-electron chi connectivity index (χ1n) is 8.13. The van der Waals surface area contributed by atoms with Gasteiger partial charge in [-0.3, -0.25) is 14.8 Å². The molecule has 0 saturated heterocycles. The van der Waals surface area contributed by atoms with Crippen LogP contribution in [0.1, 0.15) is 22.8 Å². The van der Waals surface area contributed by atoms with E-state index in [1.165, 1.54) is 0 Å². The van der Waals surface area contributed by atoms with Crippen LogP contribution < -0.4 is 5.32 Å². The Morgan fingerprint density at radius 1 is 1.12 bits per heavy atom. The normalized spacial score (nSPS) is 10.4. The molecule has 5 heteroatoms. The van der Waals surface area contributed by atoms with Gasteiger partial charge in [0.05, 0.1) is 11.3 Å². The molecule has 0 radical (unpaired) electrons. The van der Waals surface area contributed by atoms with Crippen molar-refractivity contribution in [1.82, 2.24) is 15.3 Å². The second-order valence-electron chi connectivity index (χ2n) is 5.40. The van der Waals surface area contributed by atoms with E-state index in [0.717, 1.165) is 33.0 Å². The van der Waals surface area contributed by atoms with Crippen LogP contribution >= 0.6 is 11.8 Å². The lowest BCUT2D eigenvalue weighted by molar-refractivity contribution is 0.0948. The Labute approximate surface area is 151 Å². The molecule has 2 heterocycles. The van der Waals surface area contributed by atoms with Crippen LogP contribution in [0.4, 0.5) is 0 Å². The van der Waals surface area contributed by atoms with Crippen molar-refractivity contribution in [2.24, 2.45) is 0 Å². The van der Waals surface area contributed by atoms with Gasteiger partial charge in [0.15, 0.2) is 0 Å². The van der Waals surface area contributed by atoms with Gasteiger partial charge in [0.2, 0.25) is 0 Å². The molecule has 0 aliphatic carbocycles. The molecule has 25 heavy (non-hydrogen) atoms. The van der Waals surface area contributed by atoms with Crippen LogP contribution in [0.2, 0.25) is 0 Å². The topological polar surface area (TPSA) is 54.9 Å². The number of nitrogens with zero attached hydrogens (tertiary/aromatic N) is 2. The zero-order valence-corrected chi connectivity index (χ0v) is 14.8. The predicted molar refractivity (Wildman–Crippen MR) is 101 cm³/mol. The summed E-state index contributed by atoms with van der Waals surface area (Å²) >= 11 is 1.67. The summed E-state index contributed by atoms with van der Waals surface area (Å²) in [4.78, 5) is 22.0. The number of amides is 1. The zero-order valence-electron chi connectivity index (χ0n) is 14.0. The van der Waals surface area contributed by atoms with Crippen molar-refractivity contribution in [3.63, 3.8) is 0 Å².